The smallest absolute Gasteiger partial charge is 0.424 e. The number of nitrogens with zero attached hydrogens (tertiary/aromatic N) is 2. The molecule has 1 rings (SSSR count). The van der Waals surface area contributed by atoms with E-state index in [2.05, 4.69) is 4.98 Å². The number of aliphatic hydroxyl groups excluding tert-OH is 1. The van der Waals surface area contributed by atoms with E-state index in [0.29, 0.717) is 4.90 Å². The van der Waals surface area contributed by atoms with Gasteiger partial charge in [-0.3, -0.25) is 0 Å². The Kier molecular flexibility index (Phi) is 8.22. The molecular weight excluding hydrogens is 416 g/mol. The van der Waals surface area contributed by atoms with Crippen molar-refractivity contribution in [3.63, 3.8) is 0 Å². The zero-order valence-corrected chi connectivity index (χ0v) is 19.3. The summed E-state index contributed by atoms with van der Waals surface area (Å²) in [6, 6.07) is 1.32. The van der Waals surface area contributed by atoms with Crippen molar-refractivity contribution < 1.29 is 33.7 Å². The highest BCUT2D eigenvalue weighted by Gasteiger charge is 2.36. The van der Waals surface area contributed by atoms with Gasteiger partial charge >= 0.3 is 18.2 Å². The van der Waals surface area contributed by atoms with Gasteiger partial charge in [-0.25, -0.2) is 19.4 Å². The predicted molar refractivity (Wildman–Crippen MR) is 111 cm³/mol. The molecule has 1 heterocycles. The molecule has 10 heteroatoms. The Hall–Kier alpha value is -2.39. The van der Waals surface area contributed by atoms with E-state index in [9.17, 15) is 19.5 Å². The van der Waals surface area contributed by atoms with Gasteiger partial charge in [-0.1, -0.05) is 18.5 Å². The van der Waals surface area contributed by atoms with Gasteiger partial charge in [-0.05, 0) is 47.6 Å². The summed E-state index contributed by atoms with van der Waals surface area (Å²) in [5.41, 5.74) is -2.13. The number of pyridine rings is 1. The number of aliphatic hydroxyl groups is 1. The number of rotatable bonds is 4. The minimum atomic E-state index is -1.05. The van der Waals surface area contributed by atoms with Crippen LogP contribution in [0.25, 0.3) is 0 Å². The standard InChI is InChI=1S/C20H29ClN2O7/c1-11(10-24)12-9-13(14(21)15(22-12)16(25)28-8)23(17(26)29-19(2,3)4)18(27)30-20(5,6)7/h9,11,24H,10H2,1-8H3. The zero-order chi connectivity index (χ0) is 23.4. The molecule has 9 nitrogen and oxygen atoms in total. The maximum atomic E-state index is 12.9. The highest BCUT2D eigenvalue weighted by atomic mass is 35.5. The van der Waals surface area contributed by atoms with E-state index in [1.165, 1.54) is 6.07 Å². The summed E-state index contributed by atoms with van der Waals surface area (Å²) >= 11 is 6.34. The summed E-state index contributed by atoms with van der Waals surface area (Å²) in [7, 11) is 1.14. The molecule has 1 aromatic rings. The number of ether oxygens (including phenoxy) is 3. The van der Waals surface area contributed by atoms with Gasteiger partial charge in [0.25, 0.3) is 0 Å². The zero-order valence-electron chi connectivity index (χ0n) is 18.5. The van der Waals surface area contributed by atoms with Crippen molar-refractivity contribution in [1.29, 1.82) is 0 Å². The van der Waals surface area contributed by atoms with Crippen molar-refractivity contribution in [2.45, 2.75) is 65.6 Å². The highest BCUT2D eigenvalue weighted by molar-refractivity contribution is 6.37. The van der Waals surface area contributed by atoms with Crippen LogP contribution in [-0.4, -0.2) is 53.2 Å². The van der Waals surface area contributed by atoms with Gasteiger partial charge in [-0.15, -0.1) is 0 Å². The molecule has 0 aliphatic heterocycles. The maximum absolute atomic E-state index is 12.9. The van der Waals surface area contributed by atoms with E-state index in [1.807, 2.05) is 0 Å². The molecule has 0 saturated heterocycles. The number of anilines is 1. The van der Waals surface area contributed by atoms with Crippen LogP contribution in [0.15, 0.2) is 6.07 Å². The molecule has 0 aliphatic carbocycles. The first-order valence-electron chi connectivity index (χ1n) is 9.27. The number of carbonyl (C=O) groups excluding carboxylic acids is 3. The van der Waals surface area contributed by atoms with Crippen molar-refractivity contribution in [1.82, 2.24) is 4.98 Å². The average molecular weight is 445 g/mol. The van der Waals surface area contributed by atoms with Crippen molar-refractivity contribution in [3.05, 3.63) is 22.5 Å². The first kappa shape index (κ1) is 25.6. The first-order valence-corrected chi connectivity index (χ1v) is 9.64. The van der Waals surface area contributed by atoms with Crippen molar-refractivity contribution in [2.24, 2.45) is 0 Å². The predicted octanol–water partition coefficient (Wildman–Crippen LogP) is 4.29. The van der Waals surface area contributed by atoms with E-state index in [1.54, 1.807) is 48.5 Å². The molecule has 1 atom stereocenters. The van der Waals surface area contributed by atoms with Crippen LogP contribution in [0.3, 0.4) is 0 Å². The van der Waals surface area contributed by atoms with Crippen LogP contribution in [0.4, 0.5) is 15.3 Å². The molecule has 1 N–H and O–H groups in total. The Bertz CT molecular complexity index is 785. The third kappa shape index (κ3) is 6.84. The van der Waals surface area contributed by atoms with Crippen molar-refractivity contribution in [3.8, 4) is 0 Å². The van der Waals surface area contributed by atoms with Gasteiger partial charge in [0.2, 0.25) is 0 Å². The third-order valence-electron chi connectivity index (χ3n) is 3.51. The molecule has 168 valence electrons. The number of halogens is 1. The van der Waals surface area contributed by atoms with Crippen molar-refractivity contribution >= 4 is 35.4 Å². The van der Waals surface area contributed by atoms with E-state index < -0.39 is 35.3 Å². The second-order valence-corrected chi connectivity index (χ2v) is 8.98. The summed E-state index contributed by atoms with van der Waals surface area (Å²) in [5, 5.41) is 9.21. The summed E-state index contributed by atoms with van der Waals surface area (Å²) in [4.78, 5) is 42.7. The Morgan fingerprint density at radius 3 is 1.93 bits per heavy atom. The highest BCUT2D eigenvalue weighted by Crippen LogP contribution is 2.34. The number of imide groups is 1. The van der Waals surface area contributed by atoms with Crippen LogP contribution in [0.1, 0.15) is 70.6 Å². The Morgan fingerprint density at radius 1 is 1.10 bits per heavy atom. The lowest BCUT2D eigenvalue weighted by Gasteiger charge is -2.29. The quantitative estimate of drug-likeness (QED) is 0.540. The molecule has 0 spiro atoms. The Morgan fingerprint density at radius 2 is 1.57 bits per heavy atom. The van der Waals surface area contributed by atoms with Crippen LogP contribution < -0.4 is 4.90 Å². The van der Waals surface area contributed by atoms with E-state index >= 15 is 0 Å². The van der Waals surface area contributed by atoms with Gasteiger partial charge in [0.1, 0.15) is 11.2 Å². The molecule has 1 aromatic heterocycles. The summed E-state index contributed by atoms with van der Waals surface area (Å²) in [5.74, 6) is -1.40. The molecule has 0 aromatic carbocycles. The molecule has 0 fully saturated rings. The fourth-order valence-electron chi connectivity index (χ4n) is 2.16. The van der Waals surface area contributed by atoms with E-state index in [4.69, 9.17) is 25.8 Å². The number of amides is 2. The summed E-state index contributed by atoms with van der Waals surface area (Å²) in [6.07, 6.45) is -2.11. The van der Waals surface area contributed by atoms with E-state index in [0.717, 1.165) is 7.11 Å². The Balaban J connectivity index is 3.73. The SMILES string of the molecule is COC(=O)c1nc(C(C)CO)cc(N(C(=O)OC(C)(C)C)C(=O)OC(C)(C)C)c1Cl. The third-order valence-corrected chi connectivity index (χ3v) is 3.88. The number of methoxy groups -OCH3 is 1. The van der Waals surface area contributed by atoms with Gasteiger partial charge in [0.05, 0.1) is 24.4 Å². The monoisotopic (exact) mass is 444 g/mol. The maximum Gasteiger partial charge on any atom is 0.424 e. The second kappa shape index (κ2) is 9.61. The molecule has 0 radical (unpaired) electrons. The fourth-order valence-corrected chi connectivity index (χ4v) is 2.42. The molecular formula is C20H29ClN2O7. The summed E-state index contributed by atoms with van der Waals surface area (Å²) in [6.45, 7) is 11.1. The molecule has 2 amide bonds. The lowest BCUT2D eigenvalue weighted by atomic mass is 10.1. The topological polar surface area (TPSA) is 115 Å². The molecule has 0 aliphatic rings. The number of carbonyl (C=O) groups is 3. The number of esters is 1. The van der Waals surface area contributed by atoms with Crippen LogP contribution in [0, 0.1) is 0 Å². The minimum Gasteiger partial charge on any atom is -0.464 e. The lowest BCUT2D eigenvalue weighted by Crippen LogP contribution is -2.44. The fraction of sp³-hybridized carbons (Fsp3) is 0.600. The van der Waals surface area contributed by atoms with Gasteiger partial charge in [-0.2, -0.15) is 4.90 Å². The number of aromatic nitrogens is 1. The van der Waals surface area contributed by atoms with Gasteiger partial charge < -0.3 is 19.3 Å². The largest absolute Gasteiger partial charge is 0.464 e. The van der Waals surface area contributed by atoms with Gasteiger partial charge in [0, 0.05) is 11.6 Å². The lowest BCUT2D eigenvalue weighted by molar-refractivity contribution is 0.0428. The average Bonchev–Trinajstić information content (AvgIpc) is 2.58. The van der Waals surface area contributed by atoms with E-state index in [-0.39, 0.29) is 28.7 Å². The molecule has 0 bridgehead atoms. The van der Waals surface area contributed by atoms with Crippen LogP contribution in [0.2, 0.25) is 5.02 Å². The number of hydrogen-bond acceptors (Lipinski definition) is 8. The van der Waals surface area contributed by atoms with Crippen LogP contribution in [0.5, 0.6) is 0 Å². The normalized spacial score (nSPS) is 12.7. The van der Waals surface area contributed by atoms with Crippen molar-refractivity contribution in [2.75, 3.05) is 18.6 Å². The summed E-state index contributed by atoms with van der Waals surface area (Å²) < 4.78 is 15.4. The van der Waals surface area contributed by atoms with Crippen LogP contribution in [-0.2, 0) is 14.2 Å². The molecule has 1 unspecified atom stereocenters. The molecule has 30 heavy (non-hydrogen) atoms. The van der Waals surface area contributed by atoms with Crippen LogP contribution >= 0.6 is 11.6 Å². The first-order chi connectivity index (χ1) is 13.6. The second-order valence-electron chi connectivity index (χ2n) is 8.60. The molecule has 0 saturated carbocycles. The Labute approximate surface area is 181 Å². The van der Waals surface area contributed by atoms with Gasteiger partial charge in [0.15, 0.2) is 5.69 Å². The minimum absolute atomic E-state index is 0.175. The number of hydrogen-bond donors (Lipinski definition) is 1.